The molecule has 134 valence electrons. The van der Waals surface area contributed by atoms with Crippen LogP contribution in [-0.2, 0) is 26.1 Å². The zero-order chi connectivity index (χ0) is 18.4. The molecule has 2 aromatic carbocycles. The predicted molar refractivity (Wildman–Crippen MR) is 94.4 cm³/mol. The van der Waals surface area contributed by atoms with E-state index in [1.807, 2.05) is 0 Å². The Bertz CT molecular complexity index is 871. The molecule has 25 heavy (non-hydrogen) atoms. The Morgan fingerprint density at radius 1 is 1.12 bits per heavy atom. The van der Waals surface area contributed by atoms with E-state index in [9.17, 15) is 13.2 Å². The average Bonchev–Trinajstić information content (AvgIpc) is 2.59. The lowest BCUT2D eigenvalue weighted by molar-refractivity contribution is -0.142. The summed E-state index contributed by atoms with van der Waals surface area (Å²) >= 11 is 12.0. The van der Waals surface area contributed by atoms with Crippen LogP contribution in [0.25, 0.3) is 0 Å². The van der Waals surface area contributed by atoms with Crippen LogP contribution in [-0.4, -0.2) is 28.1 Å². The van der Waals surface area contributed by atoms with E-state index in [1.165, 1.54) is 25.3 Å². The second kappa shape index (κ2) is 8.53. The molecule has 2 rings (SSSR count). The van der Waals surface area contributed by atoms with Crippen LogP contribution in [0.4, 0.5) is 0 Å². The maximum Gasteiger partial charge on any atom is 0.343 e. The highest BCUT2D eigenvalue weighted by Gasteiger charge is 2.17. The maximum atomic E-state index is 12.4. The molecule has 0 atom stereocenters. The molecule has 0 fully saturated rings. The van der Waals surface area contributed by atoms with Crippen molar-refractivity contribution < 1.29 is 22.7 Å². The van der Waals surface area contributed by atoms with Gasteiger partial charge in [-0.2, -0.15) is 0 Å². The lowest BCUT2D eigenvalue weighted by Crippen LogP contribution is -2.23. The van der Waals surface area contributed by atoms with Crippen molar-refractivity contribution in [3.05, 3.63) is 58.1 Å². The van der Waals surface area contributed by atoms with Crippen molar-refractivity contribution in [1.29, 1.82) is 0 Å². The topological polar surface area (TPSA) is 81.7 Å². The van der Waals surface area contributed by atoms with Crippen molar-refractivity contribution >= 4 is 39.2 Å². The second-order valence-corrected chi connectivity index (χ2v) is 7.45. The van der Waals surface area contributed by atoms with Crippen LogP contribution < -0.4 is 9.46 Å². The highest BCUT2D eigenvalue weighted by atomic mass is 35.5. The van der Waals surface area contributed by atoms with Crippen LogP contribution >= 0.6 is 23.2 Å². The molecule has 0 saturated carbocycles. The molecule has 0 radical (unpaired) electrons. The van der Waals surface area contributed by atoms with E-state index < -0.39 is 16.0 Å². The fraction of sp³-hybridized carbons (Fsp3) is 0.188. The molecule has 9 heteroatoms. The standard InChI is InChI=1S/C16H15Cl2NO5S/c1-23-16(20)10-24-15-7-6-12(8-14(15)18)25(21,22)19-9-11-4-2-3-5-13(11)17/h2-8,19H,9-10H2,1H3. The van der Waals surface area contributed by atoms with Gasteiger partial charge in [0.1, 0.15) is 5.75 Å². The third-order valence-electron chi connectivity index (χ3n) is 3.20. The van der Waals surface area contributed by atoms with Crippen LogP contribution in [0.2, 0.25) is 10.0 Å². The molecule has 6 nitrogen and oxygen atoms in total. The van der Waals surface area contributed by atoms with Gasteiger partial charge in [-0.25, -0.2) is 17.9 Å². The van der Waals surface area contributed by atoms with Gasteiger partial charge in [0.05, 0.1) is 17.0 Å². The number of halogens is 2. The highest BCUT2D eigenvalue weighted by molar-refractivity contribution is 7.89. The number of methoxy groups -OCH3 is 1. The molecule has 0 aliphatic carbocycles. The zero-order valence-corrected chi connectivity index (χ0v) is 15.5. The summed E-state index contributed by atoms with van der Waals surface area (Å²) in [5, 5.41) is 0.527. The zero-order valence-electron chi connectivity index (χ0n) is 13.2. The summed E-state index contributed by atoms with van der Waals surface area (Å²) in [6.45, 7) is -0.284. The van der Waals surface area contributed by atoms with Gasteiger partial charge in [-0.05, 0) is 29.8 Å². The van der Waals surface area contributed by atoms with Crippen molar-refractivity contribution in [1.82, 2.24) is 4.72 Å². The van der Waals surface area contributed by atoms with E-state index in [4.69, 9.17) is 27.9 Å². The van der Waals surface area contributed by atoms with Crippen LogP contribution in [0.1, 0.15) is 5.56 Å². The molecule has 0 aliphatic heterocycles. The summed E-state index contributed by atoms with van der Waals surface area (Å²) in [5.41, 5.74) is 0.650. The quantitative estimate of drug-likeness (QED) is 0.718. The van der Waals surface area contributed by atoms with Crippen LogP contribution in [0, 0.1) is 0 Å². The Morgan fingerprint density at radius 2 is 1.84 bits per heavy atom. The Morgan fingerprint density at radius 3 is 2.48 bits per heavy atom. The van der Waals surface area contributed by atoms with Crippen LogP contribution in [0.15, 0.2) is 47.4 Å². The number of carbonyl (C=O) groups excluding carboxylic acids is 1. The Balaban J connectivity index is 2.10. The Kier molecular flexibility index (Phi) is 6.66. The van der Waals surface area contributed by atoms with Crippen molar-refractivity contribution in [3.8, 4) is 5.75 Å². The van der Waals surface area contributed by atoms with Crippen molar-refractivity contribution in [3.63, 3.8) is 0 Å². The molecule has 1 N–H and O–H groups in total. The van der Waals surface area contributed by atoms with Gasteiger partial charge >= 0.3 is 5.97 Å². The van der Waals surface area contributed by atoms with Crippen molar-refractivity contribution in [2.75, 3.05) is 13.7 Å². The second-order valence-electron chi connectivity index (χ2n) is 4.87. The average molecular weight is 404 g/mol. The predicted octanol–water partition coefficient (Wildman–Crippen LogP) is 3.02. The Hall–Kier alpha value is -1.80. The molecule has 0 heterocycles. The lowest BCUT2D eigenvalue weighted by atomic mass is 10.2. The molecule has 0 aliphatic rings. The van der Waals surface area contributed by atoms with Gasteiger partial charge in [0.15, 0.2) is 6.61 Å². The summed E-state index contributed by atoms with van der Waals surface area (Å²) in [6.07, 6.45) is 0. The first-order valence-electron chi connectivity index (χ1n) is 7.05. The third kappa shape index (κ3) is 5.34. The molecular weight excluding hydrogens is 389 g/mol. The first-order chi connectivity index (χ1) is 11.8. The van der Waals surface area contributed by atoms with Crippen molar-refractivity contribution in [2.24, 2.45) is 0 Å². The summed E-state index contributed by atoms with van der Waals surface area (Å²) in [6, 6.07) is 10.9. The Labute approximate surface area is 155 Å². The van der Waals surface area contributed by atoms with Gasteiger partial charge in [-0.1, -0.05) is 41.4 Å². The summed E-state index contributed by atoms with van der Waals surface area (Å²) in [7, 11) is -2.56. The fourth-order valence-corrected chi connectivity index (χ4v) is 3.39. The van der Waals surface area contributed by atoms with Crippen LogP contribution in [0.3, 0.4) is 0 Å². The summed E-state index contributed by atoms with van der Waals surface area (Å²) in [4.78, 5) is 11.0. The van der Waals surface area contributed by atoms with Gasteiger partial charge < -0.3 is 9.47 Å². The van der Waals surface area contributed by atoms with Crippen molar-refractivity contribution in [2.45, 2.75) is 11.4 Å². The van der Waals surface area contributed by atoms with Gasteiger partial charge in [0, 0.05) is 11.6 Å². The van der Waals surface area contributed by atoms with Gasteiger partial charge in [-0.3, -0.25) is 0 Å². The minimum absolute atomic E-state index is 0.0324. The van der Waals surface area contributed by atoms with Gasteiger partial charge in [0.2, 0.25) is 10.0 Å². The molecule has 0 aromatic heterocycles. The number of sulfonamides is 1. The van der Waals surface area contributed by atoms with E-state index in [-0.39, 0.29) is 28.8 Å². The number of esters is 1. The number of ether oxygens (including phenoxy) is 2. The number of benzene rings is 2. The lowest BCUT2D eigenvalue weighted by Gasteiger charge is -2.11. The van der Waals surface area contributed by atoms with Gasteiger partial charge in [0.25, 0.3) is 0 Å². The monoisotopic (exact) mass is 403 g/mol. The number of carbonyl (C=O) groups is 1. The normalized spacial score (nSPS) is 11.2. The number of nitrogens with one attached hydrogen (secondary N) is 1. The molecule has 0 bridgehead atoms. The molecular formula is C16H15Cl2NO5S. The van der Waals surface area contributed by atoms with E-state index in [1.54, 1.807) is 24.3 Å². The molecule has 0 spiro atoms. The number of hydrogen-bond donors (Lipinski definition) is 1. The van der Waals surface area contributed by atoms with Crippen LogP contribution in [0.5, 0.6) is 5.75 Å². The first-order valence-corrected chi connectivity index (χ1v) is 9.29. The molecule has 0 unspecified atom stereocenters. The fourth-order valence-electron chi connectivity index (χ4n) is 1.86. The SMILES string of the molecule is COC(=O)COc1ccc(S(=O)(=O)NCc2ccccc2Cl)cc1Cl. The van der Waals surface area contributed by atoms with E-state index in [0.717, 1.165) is 0 Å². The van der Waals surface area contributed by atoms with E-state index in [2.05, 4.69) is 9.46 Å². The minimum Gasteiger partial charge on any atom is -0.480 e. The molecule has 0 saturated heterocycles. The molecule has 2 aromatic rings. The van der Waals surface area contributed by atoms with E-state index >= 15 is 0 Å². The first kappa shape index (κ1) is 19.5. The van der Waals surface area contributed by atoms with E-state index in [0.29, 0.717) is 10.6 Å². The molecule has 0 amide bonds. The smallest absolute Gasteiger partial charge is 0.343 e. The maximum absolute atomic E-state index is 12.4. The largest absolute Gasteiger partial charge is 0.480 e. The number of hydrogen-bond acceptors (Lipinski definition) is 5. The third-order valence-corrected chi connectivity index (χ3v) is 5.26. The highest BCUT2D eigenvalue weighted by Crippen LogP contribution is 2.27. The summed E-state index contributed by atoms with van der Waals surface area (Å²) < 4.78 is 36.8. The minimum atomic E-state index is -3.79. The summed E-state index contributed by atoms with van der Waals surface area (Å²) in [5.74, 6) is -0.397. The number of rotatable bonds is 7. The van der Waals surface area contributed by atoms with Gasteiger partial charge in [-0.15, -0.1) is 0 Å².